The van der Waals surface area contributed by atoms with Gasteiger partial charge in [-0.15, -0.1) is 0 Å². The lowest BCUT2D eigenvalue weighted by atomic mass is 10.1. The van der Waals surface area contributed by atoms with Gasteiger partial charge in [-0.05, 0) is 41.4 Å². The van der Waals surface area contributed by atoms with E-state index in [0.717, 1.165) is 5.69 Å². The van der Waals surface area contributed by atoms with Gasteiger partial charge in [0.2, 0.25) is 5.95 Å². The Kier molecular flexibility index (Phi) is 2.99. The summed E-state index contributed by atoms with van der Waals surface area (Å²) < 4.78 is 0.698. The van der Waals surface area contributed by atoms with Gasteiger partial charge in [0.15, 0.2) is 0 Å². The number of halogens is 1. The molecule has 1 fully saturated rings. The Morgan fingerprint density at radius 1 is 1.53 bits per heavy atom. The van der Waals surface area contributed by atoms with Crippen LogP contribution in [0.2, 0.25) is 0 Å². The quantitative estimate of drug-likeness (QED) is 0.839. The van der Waals surface area contributed by atoms with E-state index in [2.05, 4.69) is 37.9 Å². The minimum atomic E-state index is -0.0440. The maximum Gasteiger partial charge on any atom is 0.266 e. The maximum absolute atomic E-state index is 11.6. The first kappa shape index (κ1) is 10.9. The van der Waals surface area contributed by atoms with Crippen molar-refractivity contribution in [1.29, 1.82) is 0 Å². The van der Waals surface area contributed by atoms with Gasteiger partial charge in [0, 0.05) is 6.04 Å². The average Bonchev–Trinajstić information content (AvgIpc) is 2.94. The molecule has 4 nitrogen and oxygen atoms in total. The highest BCUT2D eigenvalue weighted by Gasteiger charge is 2.22. The van der Waals surface area contributed by atoms with E-state index in [1.54, 1.807) is 0 Å². The second kappa shape index (κ2) is 4.11. The molecule has 2 rings (SSSR count). The SMILES string of the molecule is CC(C)c1nc(NC2CC2)[nH]c(=O)c1I. The lowest BCUT2D eigenvalue weighted by Crippen LogP contribution is -2.19. The zero-order valence-electron chi connectivity index (χ0n) is 8.80. The first-order valence-corrected chi connectivity index (χ1v) is 6.22. The van der Waals surface area contributed by atoms with Crippen LogP contribution in [-0.4, -0.2) is 16.0 Å². The third kappa shape index (κ3) is 2.50. The zero-order valence-corrected chi connectivity index (χ0v) is 11.0. The van der Waals surface area contributed by atoms with Crippen LogP contribution in [0.25, 0.3) is 0 Å². The number of aromatic nitrogens is 2. The van der Waals surface area contributed by atoms with Crippen LogP contribution >= 0.6 is 22.6 Å². The number of aromatic amines is 1. The second-order valence-electron chi connectivity index (χ2n) is 4.19. The summed E-state index contributed by atoms with van der Waals surface area (Å²) in [4.78, 5) is 18.8. The molecule has 82 valence electrons. The number of rotatable bonds is 3. The molecule has 0 saturated heterocycles. The highest BCUT2D eigenvalue weighted by atomic mass is 127. The molecule has 0 aromatic carbocycles. The van der Waals surface area contributed by atoms with Crippen LogP contribution in [0.5, 0.6) is 0 Å². The molecule has 2 N–H and O–H groups in total. The van der Waals surface area contributed by atoms with Gasteiger partial charge < -0.3 is 5.32 Å². The number of anilines is 1. The maximum atomic E-state index is 11.6. The zero-order chi connectivity index (χ0) is 11.0. The van der Waals surface area contributed by atoms with Gasteiger partial charge in [-0.2, -0.15) is 0 Å². The van der Waals surface area contributed by atoms with E-state index in [4.69, 9.17) is 0 Å². The lowest BCUT2D eigenvalue weighted by molar-refractivity contribution is 0.799. The lowest BCUT2D eigenvalue weighted by Gasteiger charge is -2.09. The van der Waals surface area contributed by atoms with Crippen LogP contribution < -0.4 is 10.9 Å². The largest absolute Gasteiger partial charge is 0.353 e. The van der Waals surface area contributed by atoms with Crippen molar-refractivity contribution in [3.05, 3.63) is 19.6 Å². The van der Waals surface area contributed by atoms with Gasteiger partial charge in [-0.3, -0.25) is 9.78 Å². The normalized spacial score (nSPS) is 15.7. The molecule has 1 aromatic heterocycles. The van der Waals surface area contributed by atoms with Crippen molar-refractivity contribution in [3.63, 3.8) is 0 Å². The van der Waals surface area contributed by atoms with Crippen molar-refractivity contribution in [3.8, 4) is 0 Å². The monoisotopic (exact) mass is 319 g/mol. The fourth-order valence-corrected chi connectivity index (χ4v) is 2.23. The molecule has 15 heavy (non-hydrogen) atoms. The van der Waals surface area contributed by atoms with Gasteiger partial charge >= 0.3 is 0 Å². The summed E-state index contributed by atoms with van der Waals surface area (Å²) in [5, 5.41) is 3.21. The first-order valence-electron chi connectivity index (χ1n) is 5.14. The van der Waals surface area contributed by atoms with Crippen molar-refractivity contribution >= 4 is 28.5 Å². The summed E-state index contributed by atoms with van der Waals surface area (Å²) >= 11 is 2.05. The minimum absolute atomic E-state index is 0.0440. The van der Waals surface area contributed by atoms with Crippen LogP contribution in [0.15, 0.2) is 4.79 Å². The highest BCUT2D eigenvalue weighted by molar-refractivity contribution is 14.1. The summed E-state index contributed by atoms with van der Waals surface area (Å²) in [5.74, 6) is 0.894. The van der Waals surface area contributed by atoms with Crippen molar-refractivity contribution in [2.45, 2.75) is 38.6 Å². The van der Waals surface area contributed by atoms with Gasteiger partial charge in [0.1, 0.15) is 3.57 Å². The van der Waals surface area contributed by atoms with Crippen molar-refractivity contribution < 1.29 is 0 Å². The van der Waals surface area contributed by atoms with Crippen LogP contribution in [0.3, 0.4) is 0 Å². The topological polar surface area (TPSA) is 57.8 Å². The molecule has 0 amide bonds. The Balaban J connectivity index is 2.35. The molecule has 0 aliphatic heterocycles. The number of nitrogens with one attached hydrogen (secondary N) is 2. The second-order valence-corrected chi connectivity index (χ2v) is 5.27. The van der Waals surface area contributed by atoms with E-state index in [1.807, 2.05) is 13.8 Å². The Labute approximate surface area is 102 Å². The molecule has 0 spiro atoms. The van der Waals surface area contributed by atoms with Crippen LogP contribution in [0.4, 0.5) is 5.95 Å². The predicted octanol–water partition coefficient (Wildman–Crippen LogP) is 2.07. The van der Waals surface area contributed by atoms with E-state index in [0.29, 0.717) is 15.6 Å². The Hall–Kier alpha value is -0.590. The van der Waals surface area contributed by atoms with Crippen molar-refractivity contribution in [2.75, 3.05) is 5.32 Å². The summed E-state index contributed by atoms with van der Waals surface area (Å²) in [6.07, 6.45) is 2.35. The van der Waals surface area contributed by atoms with Gasteiger partial charge in [-0.25, -0.2) is 4.98 Å². The highest BCUT2D eigenvalue weighted by Crippen LogP contribution is 2.23. The van der Waals surface area contributed by atoms with E-state index in [9.17, 15) is 4.79 Å². The van der Waals surface area contributed by atoms with E-state index < -0.39 is 0 Å². The Bertz CT molecular complexity index is 423. The molecule has 5 heteroatoms. The smallest absolute Gasteiger partial charge is 0.266 e. The standard InChI is InChI=1S/C10H14IN3O/c1-5(2)8-7(11)9(15)14-10(13-8)12-6-3-4-6/h5-6H,3-4H2,1-2H3,(H2,12,13,14,15). The summed E-state index contributed by atoms with van der Waals surface area (Å²) in [5.41, 5.74) is 0.833. The molecule has 0 bridgehead atoms. The van der Waals surface area contributed by atoms with Crippen LogP contribution in [-0.2, 0) is 0 Å². The van der Waals surface area contributed by atoms with Crippen LogP contribution in [0.1, 0.15) is 38.3 Å². The summed E-state index contributed by atoms with van der Waals surface area (Å²) in [7, 11) is 0. The third-order valence-corrected chi connectivity index (χ3v) is 3.40. The van der Waals surface area contributed by atoms with Crippen molar-refractivity contribution in [2.24, 2.45) is 0 Å². The molecule has 1 saturated carbocycles. The number of H-pyrrole nitrogens is 1. The molecule has 0 unspecified atom stereocenters. The number of hydrogen-bond donors (Lipinski definition) is 2. The van der Waals surface area contributed by atoms with Crippen molar-refractivity contribution in [1.82, 2.24) is 9.97 Å². The number of nitrogens with zero attached hydrogens (tertiary/aromatic N) is 1. The summed E-state index contributed by atoms with van der Waals surface area (Å²) in [6.45, 7) is 4.09. The third-order valence-electron chi connectivity index (χ3n) is 2.35. The molecule has 1 aromatic rings. The van der Waals surface area contributed by atoms with Gasteiger partial charge in [0.25, 0.3) is 5.56 Å². The molecule has 1 heterocycles. The van der Waals surface area contributed by atoms with Gasteiger partial charge in [-0.1, -0.05) is 13.8 Å². The Morgan fingerprint density at radius 2 is 2.20 bits per heavy atom. The molecular formula is C10H14IN3O. The first-order chi connectivity index (χ1) is 7.08. The average molecular weight is 319 g/mol. The minimum Gasteiger partial charge on any atom is -0.353 e. The molecule has 1 aliphatic rings. The van der Waals surface area contributed by atoms with E-state index in [1.165, 1.54) is 12.8 Å². The molecule has 0 atom stereocenters. The van der Waals surface area contributed by atoms with E-state index in [-0.39, 0.29) is 11.5 Å². The molecular weight excluding hydrogens is 305 g/mol. The molecule has 0 radical (unpaired) electrons. The Morgan fingerprint density at radius 3 is 2.73 bits per heavy atom. The molecule has 1 aliphatic carbocycles. The fraction of sp³-hybridized carbons (Fsp3) is 0.600. The van der Waals surface area contributed by atoms with Gasteiger partial charge in [0.05, 0.1) is 5.69 Å². The fourth-order valence-electron chi connectivity index (χ4n) is 1.35. The summed E-state index contributed by atoms with van der Waals surface area (Å²) in [6, 6.07) is 0.508. The van der Waals surface area contributed by atoms with E-state index >= 15 is 0 Å². The number of hydrogen-bond acceptors (Lipinski definition) is 3. The predicted molar refractivity (Wildman–Crippen MR) is 68.3 cm³/mol. The van der Waals surface area contributed by atoms with Crippen LogP contribution in [0, 0.1) is 3.57 Å².